The molecule has 0 fully saturated rings. The molecule has 0 spiro atoms. The third-order valence-corrected chi connectivity index (χ3v) is 2.65. The number of aliphatic hydroxyl groups is 1. The summed E-state index contributed by atoms with van der Waals surface area (Å²) in [5.74, 6) is -0.313. The van der Waals surface area contributed by atoms with Crippen LogP contribution in [0, 0.1) is 0 Å². The Labute approximate surface area is 121 Å². The topological polar surface area (TPSA) is 117 Å². The Hall–Kier alpha value is -2.48. The Bertz CT molecular complexity index is 505. The molecule has 0 aliphatic heterocycles. The van der Waals surface area contributed by atoms with Crippen molar-refractivity contribution in [3.05, 3.63) is 18.2 Å². The van der Waals surface area contributed by atoms with Gasteiger partial charge in [0, 0.05) is 19.0 Å². The lowest BCUT2D eigenvalue weighted by Gasteiger charge is -2.12. The molecule has 1 atom stereocenters. The lowest BCUT2D eigenvalue weighted by atomic mass is 10.2. The van der Waals surface area contributed by atoms with Gasteiger partial charge in [0.05, 0.1) is 19.9 Å². The Morgan fingerprint density at radius 1 is 1.29 bits per heavy atom. The van der Waals surface area contributed by atoms with Crippen molar-refractivity contribution >= 4 is 17.7 Å². The van der Waals surface area contributed by atoms with Crippen LogP contribution in [0.4, 0.5) is 10.5 Å². The van der Waals surface area contributed by atoms with Crippen molar-refractivity contribution in [3.8, 4) is 11.5 Å². The van der Waals surface area contributed by atoms with Crippen LogP contribution in [0.5, 0.6) is 11.5 Å². The summed E-state index contributed by atoms with van der Waals surface area (Å²) in [5.41, 5.74) is 0.439. The first-order valence-corrected chi connectivity index (χ1v) is 6.15. The minimum Gasteiger partial charge on any atom is -0.497 e. The number of carboxylic acid groups (broad SMARTS) is 1. The number of aliphatic carboxylic acids is 1. The third-order valence-electron chi connectivity index (χ3n) is 2.65. The van der Waals surface area contributed by atoms with E-state index < -0.39 is 18.1 Å². The number of aliphatic hydroxyl groups excluding tert-OH is 1. The number of ether oxygens (including phenoxy) is 2. The predicted molar refractivity (Wildman–Crippen MR) is 74.8 cm³/mol. The van der Waals surface area contributed by atoms with E-state index in [2.05, 4.69) is 10.6 Å². The van der Waals surface area contributed by atoms with Crippen LogP contribution in [-0.4, -0.2) is 49.1 Å². The van der Waals surface area contributed by atoms with Gasteiger partial charge in [0.1, 0.15) is 11.5 Å². The number of carboxylic acids is 1. The van der Waals surface area contributed by atoms with Crippen molar-refractivity contribution in [2.45, 2.75) is 12.5 Å². The summed E-state index contributed by atoms with van der Waals surface area (Å²) >= 11 is 0. The molecule has 0 bridgehead atoms. The quantitative estimate of drug-likeness (QED) is 0.587. The summed E-state index contributed by atoms with van der Waals surface area (Å²) < 4.78 is 10.2. The molecule has 1 rings (SSSR count). The van der Waals surface area contributed by atoms with Crippen LogP contribution >= 0.6 is 0 Å². The van der Waals surface area contributed by atoms with Gasteiger partial charge in [-0.2, -0.15) is 0 Å². The number of benzene rings is 1. The van der Waals surface area contributed by atoms with Crippen molar-refractivity contribution in [3.63, 3.8) is 0 Å². The van der Waals surface area contributed by atoms with Crippen LogP contribution in [0.25, 0.3) is 0 Å². The molecule has 0 heterocycles. The van der Waals surface area contributed by atoms with E-state index in [1.54, 1.807) is 18.2 Å². The number of rotatable bonds is 7. The second kappa shape index (κ2) is 7.95. The molecule has 8 nitrogen and oxygen atoms in total. The lowest BCUT2D eigenvalue weighted by molar-refractivity contribution is -0.146. The second-order valence-corrected chi connectivity index (χ2v) is 4.09. The van der Waals surface area contributed by atoms with Gasteiger partial charge in [-0.25, -0.2) is 9.59 Å². The van der Waals surface area contributed by atoms with E-state index >= 15 is 0 Å². The fourth-order valence-corrected chi connectivity index (χ4v) is 1.51. The number of nitrogens with one attached hydrogen (secondary N) is 2. The van der Waals surface area contributed by atoms with E-state index in [0.717, 1.165) is 0 Å². The highest BCUT2D eigenvalue weighted by Gasteiger charge is 2.13. The van der Waals surface area contributed by atoms with Crippen LogP contribution in [0.15, 0.2) is 18.2 Å². The van der Waals surface area contributed by atoms with Gasteiger partial charge >= 0.3 is 12.0 Å². The first-order chi connectivity index (χ1) is 9.97. The number of hydrogen-bond donors (Lipinski definition) is 4. The van der Waals surface area contributed by atoms with Crippen LogP contribution in [0.3, 0.4) is 0 Å². The predicted octanol–water partition coefficient (Wildman–Crippen LogP) is 0.661. The standard InChI is InChI=1S/C13H18N2O6/c1-20-8-3-4-9(11(7-8)21-2)15-13(19)14-6-5-10(16)12(17)18/h3-4,7,10,16H,5-6H2,1-2H3,(H,17,18)(H2,14,15,19). The molecule has 1 aromatic rings. The molecular weight excluding hydrogens is 280 g/mol. The van der Waals surface area contributed by atoms with E-state index in [-0.39, 0.29) is 13.0 Å². The Kier molecular flexibility index (Phi) is 6.28. The van der Waals surface area contributed by atoms with Crippen molar-refractivity contribution in [2.24, 2.45) is 0 Å². The van der Waals surface area contributed by atoms with Crippen LogP contribution in [0.1, 0.15) is 6.42 Å². The minimum absolute atomic E-state index is 0.0256. The number of carbonyl (C=O) groups excluding carboxylic acids is 1. The molecule has 0 aliphatic carbocycles. The average Bonchev–Trinajstić information content (AvgIpc) is 2.47. The summed E-state index contributed by atoms with van der Waals surface area (Å²) in [6, 6.07) is 4.36. The number of amides is 2. The largest absolute Gasteiger partial charge is 0.497 e. The number of methoxy groups -OCH3 is 2. The molecule has 0 aliphatic rings. The molecule has 0 saturated heterocycles. The molecule has 0 radical (unpaired) electrons. The van der Waals surface area contributed by atoms with Gasteiger partial charge in [-0.1, -0.05) is 0 Å². The van der Waals surface area contributed by atoms with E-state index in [4.69, 9.17) is 19.7 Å². The van der Waals surface area contributed by atoms with Gasteiger partial charge in [-0.05, 0) is 12.1 Å². The second-order valence-electron chi connectivity index (χ2n) is 4.09. The van der Waals surface area contributed by atoms with Crippen molar-refractivity contribution < 1.29 is 29.3 Å². The van der Waals surface area contributed by atoms with Gasteiger partial charge in [0.2, 0.25) is 0 Å². The monoisotopic (exact) mass is 298 g/mol. The van der Waals surface area contributed by atoms with Gasteiger partial charge in [0.25, 0.3) is 0 Å². The van der Waals surface area contributed by atoms with Crippen LogP contribution in [0.2, 0.25) is 0 Å². The SMILES string of the molecule is COc1ccc(NC(=O)NCCC(O)C(=O)O)c(OC)c1. The molecule has 2 amide bonds. The van der Waals surface area contributed by atoms with E-state index in [9.17, 15) is 9.59 Å². The molecule has 21 heavy (non-hydrogen) atoms. The summed E-state index contributed by atoms with van der Waals surface area (Å²) in [4.78, 5) is 22.1. The zero-order valence-corrected chi connectivity index (χ0v) is 11.8. The molecule has 0 saturated carbocycles. The maximum absolute atomic E-state index is 11.6. The molecule has 116 valence electrons. The Morgan fingerprint density at radius 2 is 2.00 bits per heavy atom. The molecule has 8 heteroatoms. The maximum atomic E-state index is 11.6. The van der Waals surface area contributed by atoms with Gasteiger partial charge in [0.15, 0.2) is 6.10 Å². The summed E-state index contributed by atoms with van der Waals surface area (Å²) in [6.45, 7) is 0.0256. The van der Waals surface area contributed by atoms with Crippen molar-refractivity contribution in [1.29, 1.82) is 0 Å². The zero-order valence-electron chi connectivity index (χ0n) is 11.8. The normalized spacial score (nSPS) is 11.4. The molecular formula is C13H18N2O6. The molecule has 1 aromatic carbocycles. The molecule has 4 N–H and O–H groups in total. The smallest absolute Gasteiger partial charge is 0.332 e. The van der Waals surface area contributed by atoms with E-state index in [0.29, 0.717) is 17.2 Å². The summed E-state index contributed by atoms with van der Waals surface area (Å²) in [5, 5.41) is 22.5. The molecule has 0 aromatic heterocycles. The zero-order chi connectivity index (χ0) is 15.8. The van der Waals surface area contributed by atoms with Gasteiger partial charge in [-0.15, -0.1) is 0 Å². The molecule has 1 unspecified atom stereocenters. The van der Waals surface area contributed by atoms with Crippen molar-refractivity contribution in [1.82, 2.24) is 5.32 Å². The van der Waals surface area contributed by atoms with Gasteiger partial charge < -0.3 is 30.3 Å². The number of anilines is 1. The highest BCUT2D eigenvalue weighted by Crippen LogP contribution is 2.28. The number of carbonyl (C=O) groups is 2. The average molecular weight is 298 g/mol. The Balaban J connectivity index is 2.53. The lowest BCUT2D eigenvalue weighted by Crippen LogP contribution is -2.33. The first kappa shape index (κ1) is 16.6. The number of hydrogen-bond acceptors (Lipinski definition) is 5. The van der Waals surface area contributed by atoms with E-state index in [1.807, 2.05) is 0 Å². The van der Waals surface area contributed by atoms with Crippen LogP contribution in [-0.2, 0) is 4.79 Å². The van der Waals surface area contributed by atoms with Crippen molar-refractivity contribution in [2.75, 3.05) is 26.1 Å². The first-order valence-electron chi connectivity index (χ1n) is 6.15. The fraction of sp³-hybridized carbons (Fsp3) is 0.385. The maximum Gasteiger partial charge on any atom is 0.332 e. The third kappa shape index (κ3) is 5.19. The number of urea groups is 1. The van der Waals surface area contributed by atoms with Crippen LogP contribution < -0.4 is 20.1 Å². The summed E-state index contributed by atoms with van der Waals surface area (Å²) in [7, 11) is 2.98. The fourth-order valence-electron chi connectivity index (χ4n) is 1.51. The Morgan fingerprint density at radius 3 is 2.57 bits per heavy atom. The van der Waals surface area contributed by atoms with E-state index in [1.165, 1.54) is 14.2 Å². The van der Waals surface area contributed by atoms with Gasteiger partial charge in [-0.3, -0.25) is 0 Å². The highest BCUT2D eigenvalue weighted by atomic mass is 16.5. The summed E-state index contributed by atoms with van der Waals surface area (Å²) in [6.07, 6.45) is -1.58. The highest BCUT2D eigenvalue weighted by molar-refractivity contribution is 5.91. The minimum atomic E-state index is -1.50.